The number of aromatic hydroxyl groups is 1. The summed E-state index contributed by atoms with van der Waals surface area (Å²) in [6, 6.07) is 14.0. The van der Waals surface area contributed by atoms with E-state index in [9.17, 15) is 5.11 Å². The largest absolute Gasteiger partial charge is 0.508 e. The van der Waals surface area contributed by atoms with Gasteiger partial charge in [0.25, 0.3) is 0 Å². The molecule has 2 aromatic rings. The first kappa shape index (κ1) is 10.5. The van der Waals surface area contributed by atoms with Gasteiger partial charge in [0.1, 0.15) is 17.2 Å². The van der Waals surface area contributed by atoms with Crippen LogP contribution >= 0.6 is 0 Å². The summed E-state index contributed by atoms with van der Waals surface area (Å²) in [6.07, 6.45) is 0. The lowest BCUT2D eigenvalue weighted by Crippen LogP contribution is -1.87. The summed E-state index contributed by atoms with van der Waals surface area (Å²) < 4.78 is 5.53. The lowest BCUT2D eigenvalue weighted by Gasteiger charge is -2.07. The molecule has 0 saturated carbocycles. The van der Waals surface area contributed by atoms with E-state index in [1.165, 1.54) is 12.1 Å². The molecule has 0 spiro atoms. The van der Waals surface area contributed by atoms with E-state index in [1.54, 1.807) is 6.07 Å². The van der Waals surface area contributed by atoms with Gasteiger partial charge in [-0.2, -0.15) is 0 Å². The molecule has 0 aliphatic carbocycles. The van der Waals surface area contributed by atoms with Crippen LogP contribution in [-0.4, -0.2) is 10.2 Å². The van der Waals surface area contributed by atoms with E-state index in [1.807, 2.05) is 30.3 Å². The minimum absolute atomic E-state index is 0.0810. The molecule has 0 heterocycles. The molecular weight excluding hydrogens is 204 g/mol. The first-order valence-corrected chi connectivity index (χ1v) is 4.94. The zero-order valence-corrected chi connectivity index (χ0v) is 8.63. The van der Waals surface area contributed by atoms with Gasteiger partial charge >= 0.3 is 0 Å². The molecule has 0 atom stereocenters. The quantitative estimate of drug-likeness (QED) is 0.829. The third-order valence-corrected chi connectivity index (χ3v) is 2.11. The minimum atomic E-state index is -0.125. The second-order valence-electron chi connectivity index (χ2n) is 3.41. The van der Waals surface area contributed by atoms with E-state index >= 15 is 0 Å². The second-order valence-corrected chi connectivity index (χ2v) is 3.41. The Morgan fingerprint density at radius 3 is 2.38 bits per heavy atom. The molecule has 2 aromatic carbocycles. The number of aliphatic hydroxyl groups excluding tert-OH is 1. The SMILES string of the molecule is OCc1cc(O)cc(Oc2ccccc2)c1. The van der Waals surface area contributed by atoms with Gasteiger partial charge in [0.05, 0.1) is 6.61 Å². The van der Waals surface area contributed by atoms with Gasteiger partial charge in [-0.05, 0) is 29.8 Å². The van der Waals surface area contributed by atoms with Crippen molar-refractivity contribution in [2.75, 3.05) is 0 Å². The Bertz CT molecular complexity index is 466. The number of rotatable bonds is 3. The maximum atomic E-state index is 9.41. The van der Waals surface area contributed by atoms with E-state index in [-0.39, 0.29) is 12.4 Å². The van der Waals surface area contributed by atoms with Crippen LogP contribution in [0.5, 0.6) is 17.2 Å². The Morgan fingerprint density at radius 2 is 1.69 bits per heavy atom. The van der Waals surface area contributed by atoms with Crippen molar-refractivity contribution in [1.29, 1.82) is 0 Å². The van der Waals surface area contributed by atoms with Crippen molar-refractivity contribution in [1.82, 2.24) is 0 Å². The molecule has 0 aromatic heterocycles. The third-order valence-electron chi connectivity index (χ3n) is 2.11. The van der Waals surface area contributed by atoms with Crippen molar-refractivity contribution in [3.63, 3.8) is 0 Å². The van der Waals surface area contributed by atoms with Gasteiger partial charge < -0.3 is 14.9 Å². The van der Waals surface area contributed by atoms with E-state index in [4.69, 9.17) is 9.84 Å². The van der Waals surface area contributed by atoms with Gasteiger partial charge in [-0.3, -0.25) is 0 Å². The number of hydrogen-bond acceptors (Lipinski definition) is 3. The Hall–Kier alpha value is -2.00. The maximum absolute atomic E-state index is 9.41. The molecule has 0 bridgehead atoms. The van der Waals surface area contributed by atoms with Crippen LogP contribution in [0.1, 0.15) is 5.56 Å². The normalized spacial score (nSPS) is 10.1. The highest BCUT2D eigenvalue weighted by Gasteiger charge is 2.01. The molecule has 16 heavy (non-hydrogen) atoms. The summed E-state index contributed by atoms with van der Waals surface area (Å²) >= 11 is 0. The van der Waals surface area contributed by atoms with E-state index in [0.717, 1.165) is 0 Å². The van der Waals surface area contributed by atoms with Crippen LogP contribution in [0, 0.1) is 0 Å². The molecule has 2 N–H and O–H groups in total. The number of phenols is 1. The monoisotopic (exact) mass is 216 g/mol. The summed E-state index contributed by atoms with van der Waals surface area (Å²) in [7, 11) is 0. The standard InChI is InChI=1S/C13H12O3/c14-9-10-6-11(15)8-13(7-10)16-12-4-2-1-3-5-12/h1-8,14-15H,9H2. The highest BCUT2D eigenvalue weighted by molar-refractivity contribution is 5.39. The Labute approximate surface area is 93.6 Å². The topological polar surface area (TPSA) is 49.7 Å². The number of ether oxygens (including phenoxy) is 1. The van der Waals surface area contributed by atoms with E-state index < -0.39 is 0 Å². The Balaban J connectivity index is 2.24. The lowest BCUT2D eigenvalue weighted by atomic mass is 10.2. The van der Waals surface area contributed by atoms with Crippen molar-refractivity contribution in [2.45, 2.75) is 6.61 Å². The first-order chi connectivity index (χ1) is 7.78. The molecule has 3 heteroatoms. The van der Waals surface area contributed by atoms with E-state index in [0.29, 0.717) is 17.1 Å². The van der Waals surface area contributed by atoms with Crippen molar-refractivity contribution < 1.29 is 14.9 Å². The van der Waals surface area contributed by atoms with Crippen LogP contribution in [0.15, 0.2) is 48.5 Å². The molecule has 3 nitrogen and oxygen atoms in total. The highest BCUT2D eigenvalue weighted by atomic mass is 16.5. The average Bonchev–Trinajstić information content (AvgIpc) is 2.29. The smallest absolute Gasteiger partial charge is 0.131 e. The zero-order valence-electron chi connectivity index (χ0n) is 8.63. The highest BCUT2D eigenvalue weighted by Crippen LogP contribution is 2.26. The van der Waals surface area contributed by atoms with Crippen molar-refractivity contribution in [2.24, 2.45) is 0 Å². The van der Waals surface area contributed by atoms with Crippen LogP contribution < -0.4 is 4.74 Å². The van der Waals surface area contributed by atoms with Crippen LogP contribution in [-0.2, 0) is 6.61 Å². The van der Waals surface area contributed by atoms with Crippen LogP contribution in [0.25, 0.3) is 0 Å². The van der Waals surface area contributed by atoms with Crippen LogP contribution in [0.3, 0.4) is 0 Å². The van der Waals surface area contributed by atoms with Crippen molar-refractivity contribution in [3.05, 3.63) is 54.1 Å². The predicted molar refractivity (Wildman–Crippen MR) is 60.5 cm³/mol. The summed E-state index contributed by atoms with van der Waals surface area (Å²) in [5, 5.41) is 18.4. The molecule has 2 rings (SSSR count). The molecule has 82 valence electrons. The van der Waals surface area contributed by atoms with Gasteiger partial charge in [0, 0.05) is 6.07 Å². The Morgan fingerprint density at radius 1 is 0.938 bits per heavy atom. The van der Waals surface area contributed by atoms with Gasteiger partial charge in [0.15, 0.2) is 0 Å². The zero-order chi connectivity index (χ0) is 11.4. The number of aliphatic hydroxyl groups is 1. The molecule has 0 unspecified atom stereocenters. The predicted octanol–water partition coefficient (Wildman–Crippen LogP) is 2.68. The fourth-order valence-corrected chi connectivity index (χ4v) is 1.42. The minimum Gasteiger partial charge on any atom is -0.508 e. The van der Waals surface area contributed by atoms with Crippen molar-refractivity contribution >= 4 is 0 Å². The summed E-state index contributed by atoms with van der Waals surface area (Å²) in [4.78, 5) is 0. The van der Waals surface area contributed by atoms with Crippen LogP contribution in [0.4, 0.5) is 0 Å². The third kappa shape index (κ3) is 2.52. The maximum Gasteiger partial charge on any atom is 0.131 e. The molecular formula is C13H12O3. The number of benzene rings is 2. The lowest BCUT2D eigenvalue weighted by molar-refractivity contribution is 0.280. The van der Waals surface area contributed by atoms with Gasteiger partial charge in [-0.1, -0.05) is 18.2 Å². The molecule has 0 amide bonds. The second kappa shape index (κ2) is 4.68. The van der Waals surface area contributed by atoms with E-state index in [2.05, 4.69) is 0 Å². The summed E-state index contributed by atoms with van der Waals surface area (Å²) in [6.45, 7) is -0.125. The van der Waals surface area contributed by atoms with Gasteiger partial charge in [0.2, 0.25) is 0 Å². The summed E-state index contributed by atoms with van der Waals surface area (Å²) in [5.74, 6) is 1.28. The first-order valence-electron chi connectivity index (χ1n) is 4.94. The Kier molecular flexibility index (Phi) is 3.08. The molecule has 0 saturated heterocycles. The molecule has 0 radical (unpaired) electrons. The summed E-state index contributed by atoms with van der Waals surface area (Å²) in [5.41, 5.74) is 0.617. The number of para-hydroxylation sites is 1. The average molecular weight is 216 g/mol. The number of hydrogen-bond donors (Lipinski definition) is 2. The van der Waals surface area contributed by atoms with Crippen molar-refractivity contribution in [3.8, 4) is 17.2 Å². The number of phenolic OH excluding ortho intramolecular Hbond substituents is 1. The fraction of sp³-hybridized carbons (Fsp3) is 0.0769. The van der Waals surface area contributed by atoms with Crippen LogP contribution in [0.2, 0.25) is 0 Å². The van der Waals surface area contributed by atoms with Gasteiger partial charge in [-0.15, -0.1) is 0 Å². The molecule has 0 fully saturated rings. The molecule has 0 aliphatic rings. The van der Waals surface area contributed by atoms with Gasteiger partial charge in [-0.25, -0.2) is 0 Å². The fourth-order valence-electron chi connectivity index (χ4n) is 1.42. The molecule has 0 aliphatic heterocycles.